The monoisotopic (exact) mass is 391 g/mol. The molecule has 0 radical (unpaired) electrons. The van der Waals surface area contributed by atoms with Crippen LogP contribution in [0, 0.1) is 5.92 Å². The first kappa shape index (κ1) is 16.5. The van der Waals surface area contributed by atoms with Crippen molar-refractivity contribution < 1.29 is 9.53 Å². The van der Waals surface area contributed by atoms with Crippen molar-refractivity contribution in [2.45, 2.75) is 33.2 Å². The van der Waals surface area contributed by atoms with Crippen LogP contribution >= 0.6 is 31.9 Å². The number of hydrogen-bond donors (Lipinski definition) is 1. The van der Waals surface area contributed by atoms with Gasteiger partial charge in [-0.05, 0) is 40.4 Å². The average Bonchev–Trinajstić information content (AvgIpc) is 2.35. The molecule has 1 aromatic rings. The maximum Gasteiger partial charge on any atom is 0.340 e. The van der Waals surface area contributed by atoms with Gasteiger partial charge >= 0.3 is 5.97 Å². The number of rotatable bonds is 5. The third kappa shape index (κ3) is 4.21. The normalized spacial score (nSPS) is 12.4. The van der Waals surface area contributed by atoms with Crippen molar-refractivity contribution >= 4 is 43.5 Å². The van der Waals surface area contributed by atoms with Crippen molar-refractivity contribution in [1.82, 2.24) is 0 Å². The summed E-state index contributed by atoms with van der Waals surface area (Å²) in [4.78, 5) is 11.9. The summed E-state index contributed by atoms with van der Waals surface area (Å²) in [6.07, 6.45) is 0.987. The number of halogens is 2. The van der Waals surface area contributed by atoms with Gasteiger partial charge in [-0.2, -0.15) is 0 Å². The molecule has 0 aliphatic heterocycles. The van der Waals surface area contributed by atoms with Gasteiger partial charge < -0.3 is 10.1 Å². The SMILES string of the molecule is CCC(Nc1c(Br)cc(Br)cc1C(=O)OC)C(C)C. The van der Waals surface area contributed by atoms with E-state index in [0.717, 1.165) is 21.1 Å². The molecule has 0 aliphatic rings. The van der Waals surface area contributed by atoms with Gasteiger partial charge in [0.1, 0.15) is 0 Å². The highest BCUT2D eigenvalue weighted by atomic mass is 79.9. The summed E-state index contributed by atoms with van der Waals surface area (Å²) >= 11 is 6.89. The Bertz CT molecular complexity index is 461. The molecule has 1 atom stereocenters. The summed E-state index contributed by atoms with van der Waals surface area (Å²) in [6.45, 7) is 6.44. The third-order valence-corrected chi connectivity index (χ3v) is 4.12. The molecular formula is C14H19Br2NO2. The van der Waals surface area contributed by atoms with Crippen molar-refractivity contribution in [3.05, 3.63) is 26.6 Å². The Labute approximate surface area is 131 Å². The van der Waals surface area contributed by atoms with Crippen LogP contribution in [0.25, 0.3) is 0 Å². The Kier molecular flexibility index (Phi) is 6.33. The Morgan fingerprint density at radius 3 is 2.47 bits per heavy atom. The number of hydrogen-bond acceptors (Lipinski definition) is 3. The lowest BCUT2D eigenvalue weighted by molar-refractivity contribution is 0.0601. The van der Waals surface area contributed by atoms with Gasteiger partial charge in [0.2, 0.25) is 0 Å². The fraction of sp³-hybridized carbons (Fsp3) is 0.500. The summed E-state index contributed by atoms with van der Waals surface area (Å²) in [6, 6.07) is 3.99. The molecule has 5 heteroatoms. The predicted molar refractivity (Wildman–Crippen MR) is 85.7 cm³/mol. The summed E-state index contributed by atoms with van der Waals surface area (Å²) in [7, 11) is 1.39. The minimum absolute atomic E-state index is 0.306. The molecule has 19 heavy (non-hydrogen) atoms. The fourth-order valence-electron chi connectivity index (χ4n) is 1.92. The first-order valence-electron chi connectivity index (χ1n) is 6.24. The lowest BCUT2D eigenvalue weighted by Gasteiger charge is -2.24. The molecule has 0 aromatic heterocycles. The van der Waals surface area contributed by atoms with Gasteiger partial charge in [0.05, 0.1) is 18.4 Å². The van der Waals surface area contributed by atoms with Crippen LogP contribution in [-0.4, -0.2) is 19.1 Å². The largest absolute Gasteiger partial charge is 0.465 e. The zero-order chi connectivity index (χ0) is 14.6. The quantitative estimate of drug-likeness (QED) is 0.728. The van der Waals surface area contributed by atoms with E-state index in [4.69, 9.17) is 4.74 Å². The minimum atomic E-state index is -0.344. The predicted octanol–water partition coefficient (Wildman–Crippen LogP) is 4.84. The molecule has 0 aliphatic carbocycles. The van der Waals surface area contributed by atoms with Crippen LogP contribution in [0.4, 0.5) is 5.69 Å². The molecule has 0 saturated carbocycles. The smallest absolute Gasteiger partial charge is 0.340 e. The number of benzene rings is 1. The molecule has 3 nitrogen and oxygen atoms in total. The summed E-state index contributed by atoms with van der Waals surface area (Å²) in [5.41, 5.74) is 1.32. The van der Waals surface area contributed by atoms with Gasteiger partial charge in [0.25, 0.3) is 0 Å². The highest BCUT2D eigenvalue weighted by molar-refractivity contribution is 9.11. The number of ether oxygens (including phenoxy) is 1. The molecule has 0 saturated heterocycles. The second-order valence-corrected chi connectivity index (χ2v) is 6.47. The van der Waals surface area contributed by atoms with Gasteiger partial charge in [-0.3, -0.25) is 0 Å². The van der Waals surface area contributed by atoms with E-state index < -0.39 is 0 Å². The van der Waals surface area contributed by atoms with E-state index in [0.29, 0.717) is 17.5 Å². The molecule has 1 rings (SSSR count). The molecule has 0 bridgehead atoms. The lowest BCUT2D eigenvalue weighted by atomic mass is 10.0. The van der Waals surface area contributed by atoms with Crippen LogP contribution in [0.2, 0.25) is 0 Å². The first-order chi connectivity index (χ1) is 8.90. The lowest BCUT2D eigenvalue weighted by Crippen LogP contribution is -2.26. The van der Waals surface area contributed by atoms with Crippen molar-refractivity contribution in [3.63, 3.8) is 0 Å². The zero-order valence-electron chi connectivity index (χ0n) is 11.6. The molecule has 1 aromatic carbocycles. The number of carbonyl (C=O) groups is 1. The van der Waals surface area contributed by atoms with Crippen LogP contribution < -0.4 is 5.32 Å². The van der Waals surface area contributed by atoms with Gasteiger partial charge in [-0.15, -0.1) is 0 Å². The molecule has 0 heterocycles. The standard InChI is InChI=1S/C14H19Br2NO2/c1-5-12(8(2)3)17-13-10(14(18)19-4)6-9(15)7-11(13)16/h6-8,12,17H,5H2,1-4H3. The van der Waals surface area contributed by atoms with Crippen molar-refractivity contribution in [2.24, 2.45) is 5.92 Å². The summed E-state index contributed by atoms with van der Waals surface area (Å²) in [5, 5.41) is 3.44. The Balaban J connectivity index is 3.21. The highest BCUT2D eigenvalue weighted by Gasteiger charge is 2.19. The average molecular weight is 393 g/mol. The van der Waals surface area contributed by atoms with E-state index in [1.165, 1.54) is 7.11 Å². The van der Waals surface area contributed by atoms with Crippen LogP contribution in [0.5, 0.6) is 0 Å². The zero-order valence-corrected chi connectivity index (χ0v) is 14.8. The Hall–Kier alpha value is -0.550. The van der Waals surface area contributed by atoms with Crippen LogP contribution in [0.1, 0.15) is 37.6 Å². The fourth-order valence-corrected chi connectivity index (χ4v) is 3.26. The first-order valence-corrected chi connectivity index (χ1v) is 7.83. The van der Waals surface area contributed by atoms with Gasteiger partial charge in [-0.25, -0.2) is 4.79 Å². The summed E-state index contributed by atoms with van der Waals surface area (Å²) in [5.74, 6) is 0.133. The van der Waals surface area contributed by atoms with Crippen LogP contribution in [-0.2, 0) is 4.74 Å². The Morgan fingerprint density at radius 1 is 1.37 bits per heavy atom. The highest BCUT2D eigenvalue weighted by Crippen LogP contribution is 2.32. The van der Waals surface area contributed by atoms with Gasteiger partial charge in [-0.1, -0.05) is 36.7 Å². The maximum atomic E-state index is 11.9. The van der Waals surface area contributed by atoms with E-state index >= 15 is 0 Å². The maximum absolute atomic E-state index is 11.9. The van der Waals surface area contributed by atoms with Crippen molar-refractivity contribution in [1.29, 1.82) is 0 Å². The minimum Gasteiger partial charge on any atom is -0.465 e. The third-order valence-electron chi connectivity index (χ3n) is 3.03. The molecule has 1 N–H and O–H groups in total. The van der Waals surface area contributed by atoms with Crippen molar-refractivity contribution in [2.75, 3.05) is 12.4 Å². The Morgan fingerprint density at radius 2 is 2.00 bits per heavy atom. The second kappa shape index (κ2) is 7.29. The molecular weight excluding hydrogens is 374 g/mol. The van der Waals surface area contributed by atoms with Gasteiger partial charge in [0, 0.05) is 15.0 Å². The van der Waals surface area contributed by atoms with E-state index in [2.05, 4.69) is 57.9 Å². The van der Waals surface area contributed by atoms with E-state index in [1.807, 2.05) is 6.07 Å². The van der Waals surface area contributed by atoms with Crippen LogP contribution in [0.15, 0.2) is 21.1 Å². The van der Waals surface area contributed by atoms with E-state index in [1.54, 1.807) is 6.07 Å². The van der Waals surface area contributed by atoms with Gasteiger partial charge in [0.15, 0.2) is 0 Å². The topological polar surface area (TPSA) is 38.3 Å². The van der Waals surface area contributed by atoms with E-state index in [9.17, 15) is 4.79 Å². The molecule has 1 unspecified atom stereocenters. The summed E-state index contributed by atoms with van der Waals surface area (Å²) < 4.78 is 6.53. The van der Waals surface area contributed by atoms with E-state index in [-0.39, 0.29) is 5.97 Å². The number of carbonyl (C=O) groups excluding carboxylic acids is 1. The molecule has 0 fully saturated rings. The van der Waals surface area contributed by atoms with Crippen molar-refractivity contribution in [3.8, 4) is 0 Å². The molecule has 0 amide bonds. The molecule has 106 valence electrons. The number of methoxy groups -OCH3 is 1. The number of esters is 1. The molecule has 0 spiro atoms. The number of anilines is 1. The number of nitrogens with one attached hydrogen (secondary N) is 1. The van der Waals surface area contributed by atoms with Crippen LogP contribution in [0.3, 0.4) is 0 Å². The second-order valence-electron chi connectivity index (χ2n) is 4.70.